The molecule has 20 heavy (non-hydrogen) atoms. The van der Waals surface area contributed by atoms with Gasteiger partial charge >= 0.3 is 5.97 Å². The summed E-state index contributed by atoms with van der Waals surface area (Å²) in [5.41, 5.74) is 6.34. The summed E-state index contributed by atoms with van der Waals surface area (Å²) in [5, 5.41) is 4.12. The number of aromatic nitrogens is 2. The third-order valence-corrected chi connectivity index (χ3v) is 4.04. The zero-order valence-electron chi connectivity index (χ0n) is 11.6. The summed E-state index contributed by atoms with van der Waals surface area (Å²) in [7, 11) is 0. The lowest BCUT2D eigenvalue weighted by Gasteiger charge is -2.06. The molecule has 0 atom stereocenters. The molecule has 0 aromatic carbocycles. The minimum Gasteiger partial charge on any atom is -0.462 e. The van der Waals surface area contributed by atoms with E-state index in [1.54, 1.807) is 6.92 Å². The van der Waals surface area contributed by atoms with Crippen molar-refractivity contribution in [1.82, 2.24) is 9.97 Å². The number of esters is 1. The van der Waals surface area contributed by atoms with E-state index < -0.39 is 0 Å². The van der Waals surface area contributed by atoms with E-state index in [2.05, 4.69) is 15.3 Å². The molecule has 0 saturated heterocycles. The Morgan fingerprint density at radius 2 is 2.30 bits per heavy atom. The summed E-state index contributed by atoms with van der Waals surface area (Å²) in [6.45, 7) is 5.41. The number of fused-ring (bicyclic) bond motifs is 1. The normalized spacial score (nSPS) is 10.8. The molecule has 0 radical (unpaired) electrons. The first-order valence-corrected chi connectivity index (χ1v) is 7.35. The summed E-state index contributed by atoms with van der Waals surface area (Å²) in [5.74, 6) is 0.439. The molecule has 2 heterocycles. The molecule has 2 rings (SSSR count). The van der Waals surface area contributed by atoms with Crippen LogP contribution in [0.25, 0.3) is 10.2 Å². The Kier molecular flexibility index (Phi) is 4.86. The predicted molar refractivity (Wildman–Crippen MR) is 80.3 cm³/mol. The van der Waals surface area contributed by atoms with Crippen molar-refractivity contribution in [3.05, 3.63) is 16.8 Å². The molecule has 0 saturated carbocycles. The van der Waals surface area contributed by atoms with Crippen LogP contribution in [0.4, 0.5) is 5.82 Å². The van der Waals surface area contributed by atoms with Crippen molar-refractivity contribution in [3.8, 4) is 0 Å². The maximum absolute atomic E-state index is 11.9. The number of thiophene rings is 1. The highest BCUT2D eigenvalue weighted by molar-refractivity contribution is 7.20. The van der Waals surface area contributed by atoms with Gasteiger partial charge in [-0.3, -0.25) is 0 Å². The smallest absolute Gasteiger partial charge is 0.348 e. The van der Waals surface area contributed by atoms with Crippen molar-refractivity contribution in [2.75, 3.05) is 25.0 Å². The first-order chi connectivity index (χ1) is 9.69. The summed E-state index contributed by atoms with van der Waals surface area (Å²) in [4.78, 5) is 21.8. The van der Waals surface area contributed by atoms with E-state index in [4.69, 9.17) is 10.5 Å². The van der Waals surface area contributed by atoms with Crippen molar-refractivity contribution in [2.45, 2.75) is 20.3 Å². The SMILES string of the molecule is CCOC(=O)c1sc2ncnc(NCCCN)c2c1C. The second kappa shape index (κ2) is 6.62. The molecule has 3 N–H and O–H groups in total. The number of ether oxygens (including phenoxy) is 1. The van der Waals surface area contributed by atoms with Gasteiger partial charge < -0.3 is 15.8 Å². The molecule has 0 aliphatic heterocycles. The van der Waals surface area contributed by atoms with E-state index in [1.165, 1.54) is 17.7 Å². The van der Waals surface area contributed by atoms with Gasteiger partial charge in [0, 0.05) is 6.54 Å². The molecule has 0 aliphatic rings. The minimum atomic E-state index is -0.305. The highest BCUT2D eigenvalue weighted by Crippen LogP contribution is 2.33. The molecule has 0 amide bonds. The van der Waals surface area contributed by atoms with Crippen LogP contribution in [0, 0.1) is 6.92 Å². The van der Waals surface area contributed by atoms with Crippen LogP contribution < -0.4 is 11.1 Å². The van der Waals surface area contributed by atoms with Gasteiger partial charge in [-0.2, -0.15) is 0 Å². The van der Waals surface area contributed by atoms with Crippen LogP contribution in [-0.4, -0.2) is 35.6 Å². The lowest BCUT2D eigenvalue weighted by molar-refractivity contribution is 0.0531. The Morgan fingerprint density at radius 3 is 3.00 bits per heavy atom. The molecule has 108 valence electrons. The predicted octanol–water partition coefficient (Wildman–Crippen LogP) is 1.94. The van der Waals surface area contributed by atoms with Crippen molar-refractivity contribution in [2.24, 2.45) is 5.73 Å². The third-order valence-electron chi connectivity index (χ3n) is 2.86. The molecule has 6 nitrogen and oxygen atoms in total. The fourth-order valence-electron chi connectivity index (χ4n) is 1.91. The highest BCUT2D eigenvalue weighted by Gasteiger charge is 2.19. The Morgan fingerprint density at radius 1 is 1.50 bits per heavy atom. The van der Waals surface area contributed by atoms with Gasteiger partial charge in [-0.05, 0) is 32.4 Å². The minimum absolute atomic E-state index is 0.305. The van der Waals surface area contributed by atoms with E-state index in [0.29, 0.717) is 18.0 Å². The molecular weight excluding hydrogens is 276 g/mol. The maximum atomic E-state index is 11.9. The van der Waals surface area contributed by atoms with Crippen LogP contribution in [0.3, 0.4) is 0 Å². The fourth-order valence-corrected chi connectivity index (χ4v) is 2.95. The average molecular weight is 294 g/mol. The maximum Gasteiger partial charge on any atom is 0.348 e. The summed E-state index contributed by atoms with van der Waals surface area (Å²) in [6.07, 6.45) is 2.36. The average Bonchev–Trinajstić information content (AvgIpc) is 2.78. The number of nitrogens with one attached hydrogen (secondary N) is 1. The highest BCUT2D eigenvalue weighted by atomic mass is 32.1. The Bertz CT molecular complexity index is 612. The Labute approximate surface area is 121 Å². The monoisotopic (exact) mass is 294 g/mol. The number of carbonyl (C=O) groups excluding carboxylic acids is 1. The van der Waals surface area contributed by atoms with Crippen LogP contribution in [0.1, 0.15) is 28.6 Å². The largest absolute Gasteiger partial charge is 0.462 e. The van der Waals surface area contributed by atoms with Gasteiger partial charge in [0.1, 0.15) is 21.9 Å². The van der Waals surface area contributed by atoms with Crippen LogP contribution in [-0.2, 0) is 4.74 Å². The number of aryl methyl sites for hydroxylation is 1. The second-order valence-corrected chi connectivity index (χ2v) is 5.25. The molecule has 0 spiro atoms. The number of anilines is 1. The zero-order chi connectivity index (χ0) is 14.5. The van der Waals surface area contributed by atoms with Gasteiger partial charge in [0.05, 0.1) is 12.0 Å². The number of nitrogens with zero attached hydrogens (tertiary/aromatic N) is 2. The molecule has 0 bridgehead atoms. The van der Waals surface area contributed by atoms with E-state index in [-0.39, 0.29) is 5.97 Å². The van der Waals surface area contributed by atoms with Crippen molar-refractivity contribution in [1.29, 1.82) is 0 Å². The fraction of sp³-hybridized carbons (Fsp3) is 0.462. The number of hydrogen-bond donors (Lipinski definition) is 2. The number of hydrogen-bond acceptors (Lipinski definition) is 7. The van der Waals surface area contributed by atoms with E-state index in [0.717, 1.165) is 34.6 Å². The topological polar surface area (TPSA) is 90.1 Å². The Balaban J connectivity index is 2.38. The van der Waals surface area contributed by atoms with E-state index in [9.17, 15) is 4.79 Å². The van der Waals surface area contributed by atoms with Crippen LogP contribution in [0.5, 0.6) is 0 Å². The molecule has 2 aromatic heterocycles. The first kappa shape index (κ1) is 14.7. The number of carbonyl (C=O) groups is 1. The van der Waals surface area contributed by atoms with Crippen molar-refractivity contribution < 1.29 is 9.53 Å². The molecular formula is C13H18N4O2S. The lowest BCUT2D eigenvalue weighted by atomic mass is 10.2. The molecule has 0 fully saturated rings. The Hall–Kier alpha value is -1.73. The van der Waals surface area contributed by atoms with Gasteiger partial charge in [-0.1, -0.05) is 0 Å². The van der Waals surface area contributed by atoms with Gasteiger partial charge in [-0.25, -0.2) is 14.8 Å². The zero-order valence-corrected chi connectivity index (χ0v) is 12.4. The molecule has 0 unspecified atom stereocenters. The van der Waals surface area contributed by atoms with Gasteiger partial charge in [-0.15, -0.1) is 11.3 Å². The van der Waals surface area contributed by atoms with Crippen molar-refractivity contribution in [3.63, 3.8) is 0 Å². The van der Waals surface area contributed by atoms with Crippen molar-refractivity contribution >= 4 is 33.3 Å². The van der Waals surface area contributed by atoms with Gasteiger partial charge in [0.15, 0.2) is 0 Å². The first-order valence-electron chi connectivity index (χ1n) is 6.54. The van der Waals surface area contributed by atoms with Crippen LogP contribution in [0.15, 0.2) is 6.33 Å². The van der Waals surface area contributed by atoms with E-state index >= 15 is 0 Å². The number of rotatable bonds is 6. The van der Waals surface area contributed by atoms with Crippen LogP contribution in [0.2, 0.25) is 0 Å². The van der Waals surface area contributed by atoms with Crippen LogP contribution >= 0.6 is 11.3 Å². The number of nitrogens with two attached hydrogens (primary N) is 1. The molecule has 2 aromatic rings. The van der Waals surface area contributed by atoms with E-state index in [1.807, 2.05) is 6.92 Å². The summed E-state index contributed by atoms with van der Waals surface area (Å²) < 4.78 is 5.06. The second-order valence-electron chi connectivity index (χ2n) is 4.25. The van der Waals surface area contributed by atoms with Gasteiger partial charge in [0.25, 0.3) is 0 Å². The lowest BCUT2D eigenvalue weighted by Crippen LogP contribution is -2.09. The molecule has 0 aliphatic carbocycles. The van der Waals surface area contributed by atoms with Gasteiger partial charge in [0.2, 0.25) is 0 Å². The standard InChI is InChI=1S/C13H18N4O2S/c1-3-19-13(18)10-8(2)9-11(15-6-4-5-14)16-7-17-12(9)20-10/h7H,3-6,14H2,1-2H3,(H,15,16,17). The molecule has 7 heteroatoms. The summed E-state index contributed by atoms with van der Waals surface area (Å²) >= 11 is 1.33. The quantitative estimate of drug-likeness (QED) is 0.625. The third kappa shape index (κ3) is 2.88. The summed E-state index contributed by atoms with van der Waals surface area (Å²) in [6, 6.07) is 0.